The number of carbonyl (C=O) groups excluding carboxylic acids is 1. The minimum atomic E-state index is 0.219. The van der Waals surface area contributed by atoms with Gasteiger partial charge in [-0.15, -0.1) is 0 Å². The Morgan fingerprint density at radius 2 is 2.05 bits per heavy atom. The number of aryl methyl sites for hydroxylation is 2. The number of halogens is 1. The van der Waals surface area contributed by atoms with Gasteiger partial charge in [0.2, 0.25) is 0 Å². The van der Waals surface area contributed by atoms with Crippen LogP contribution in [0.1, 0.15) is 52.2 Å². The molecular weight excluding hydrogens is 280 g/mol. The molecule has 2 aromatic carbocycles. The SMILES string of the molecule is Cc1cc(C(=O)CC2CCCc3ccccc32)ccc1Cl. The van der Waals surface area contributed by atoms with E-state index in [0.29, 0.717) is 12.3 Å². The zero-order valence-corrected chi connectivity index (χ0v) is 13.0. The molecule has 0 heterocycles. The third kappa shape index (κ3) is 3.03. The first kappa shape index (κ1) is 14.3. The summed E-state index contributed by atoms with van der Waals surface area (Å²) < 4.78 is 0. The zero-order chi connectivity index (χ0) is 14.8. The van der Waals surface area contributed by atoms with E-state index >= 15 is 0 Å². The Labute approximate surface area is 131 Å². The fraction of sp³-hybridized carbons (Fsp3) is 0.316. The van der Waals surface area contributed by atoms with Gasteiger partial charge in [-0.05, 0) is 67.0 Å². The molecule has 0 spiro atoms. The van der Waals surface area contributed by atoms with Crippen molar-refractivity contribution >= 4 is 17.4 Å². The van der Waals surface area contributed by atoms with Gasteiger partial charge in [-0.1, -0.05) is 35.9 Å². The molecule has 1 aliphatic rings. The van der Waals surface area contributed by atoms with E-state index in [-0.39, 0.29) is 5.78 Å². The van der Waals surface area contributed by atoms with Crippen molar-refractivity contribution in [3.63, 3.8) is 0 Å². The van der Waals surface area contributed by atoms with Crippen molar-refractivity contribution in [2.75, 3.05) is 0 Å². The van der Waals surface area contributed by atoms with Gasteiger partial charge < -0.3 is 0 Å². The van der Waals surface area contributed by atoms with Crippen LogP contribution in [-0.2, 0) is 6.42 Å². The first-order chi connectivity index (χ1) is 10.1. The van der Waals surface area contributed by atoms with Gasteiger partial charge in [0.05, 0.1) is 0 Å². The summed E-state index contributed by atoms with van der Waals surface area (Å²) in [5.41, 5.74) is 4.52. The molecule has 1 atom stereocenters. The quantitative estimate of drug-likeness (QED) is 0.699. The summed E-state index contributed by atoms with van der Waals surface area (Å²) in [6.45, 7) is 1.94. The van der Waals surface area contributed by atoms with Crippen molar-refractivity contribution in [2.24, 2.45) is 0 Å². The number of fused-ring (bicyclic) bond motifs is 1. The summed E-state index contributed by atoms with van der Waals surface area (Å²) in [5, 5.41) is 0.717. The molecular formula is C19H19ClO. The first-order valence-corrected chi connectivity index (χ1v) is 7.90. The monoisotopic (exact) mass is 298 g/mol. The molecule has 0 aliphatic heterocycles. The Hall–Kier alpha value is -1.60. The van der Waals surface area contributed by atoms with Gasteiger partial charge in [0.15, 0.2) is 5.78 Å². The lowest BCUT2D eigenvalue weighted by Gasteiger charge is -2.25. The Morgan fingerprint density at radius 1 is 1.24 bits per heavy atom. The van der Waals surface area contributed by atoms with E-state index < -0.39 is 0 Å². The molecule has 0 saturated carbocycles. The number of rotatable bonds is 3. The number of ketones is 1. The molecule has 0 bridgehead atoms. The lowest BCUT2D eigenvalue weighted by Crippen LogP contribution is -2.14. The molecule has 0 radical (unpaired) electrons. The van der Waals surface area contributed by atoms with Gasteiger partial charge in [0.1, 0.15) is 0 Å². The number of benzene rings is 2. The highest BCUT2D eigenvalue weighted by atomic mass is 35.5. The second-order valence-electron chi connectivity index (χ2n) is 5.88. The van der Waals surface area contributed by atoms with Crippen LogP contribution in [0.4, 0.5) is 0 Å². The maximum atomic E-state index is 12.5. The molecule has 0 amide bonds. The number of hydrogen-bond donors (Lipinski definition) is 0. The van der Waals surface area contributed by atoms with Gasteiger partial charge in [0.25, 0.3) is 0 Å². The van der Waals surface area contributed by atoms with Crippen LogP contribution in [0.2, 0.25) is 5.02 Å². The van der Waals surface area contributed by atoms with Crippen molar-refractivity contribution in [2.45, 2.75) is 38.5 Å². The molecule has 3 rings (SSSR count). The second-order valence-corrected chi connectivity index (χ2v) is 6.29. The molecule has 2 heteroatoms. The van der Waals surface area contributed by atoms with Gasteiger partial charge in [-0.25, -0.2) is 0 Å². The summed E-state index contributed by atoms with van der Waals surface area (Å²) in [6.07, 6.45) is 4.02. The lowest BCUT2D eigenvalue weighted by molar-refractivity contribution is 0.0971. The summed E-state index contributed by atoms with van der Waals surface area (Å²) in [7, 11) is 0. The molecule has 1 aliphatic carbocycles. The van der Waals surface area contributed by atoms with E-state index in [1.54, 1.807) is 0 Å². The van der Waals surface area contributed by atoms with Crippen LogP contribution < -0.4 is 0 Å². The van der Waals surface area contributed by atoms with E-state index in [2.05, 4.69) is 24.3 Å². The topological polar surface area (TPSA) is 17.1 Å². The normalized spacial score (nSPS) is 17.3. The molecule has 0 aromatic heterocycles. The summed E-state index contributed by atoms with van der Waals surface area (Å²) in [4.78, 5) is 12.5. The Balaban J connectivity index is 1.81. The van der Waals surface area contributed by atoms with E-state index in [1.165, 1.54) is 17.5 Å². The molecule has 21 heavy (non-hydrogen) atoms. The van der Waals surface area contributed by atoms with Crippen molar-refractivity contribution in [3.05, 3.63) is 69.7 Å². The fourth-order valence-electron chi connectivity index (χ4n) is 3.23. The number of carbonyl (C=O) groups is 1. The standard InChI is InChI=1S/C19H19ClO/c1-13-11-16(9-10-18(13)20)19(21)12-15-7-4-6-14-5-2-3-8-17(14)15/h2-3,5,8-11,15H,4,6-7,12H2,1H3. The maximum Gasteiger partial charge on any atom is 0.163 e. The fourth-order valence-corrected chi connectivity index (χ4v) is 3.34. The van der Waals surface area contributed by atoms with Gasteiger partial charge in [-0.3, -0.25) is 4.79 Å². The van der Waals surface area contributed by atoms with Gasteiger partial charge in [0, 0.05) is 17.0 Å². The third-order valence-corrected chi connectivity index (χ3v) is 4.83. The first-order valence-electron chi connectivity index (χ1n) is 7.52. The zero-order valence-electron chi connectivity index (χ0n) is 12.2. The smallest absolute Gasteiger partial charge is 0.163 e. The molecule has 0 saturated heterocycles. The minimum Gasteiger partial charge on any atom is -0.294 e. The molecule has 2 aromatic rings. The van der Waals surface area contributed by atoms with Gasteiger partial charge in [-0.2, -0.15) is 0 Å². The van der Waals surface area contributed by atoms with Crippen molar-refractivity contribution in [1.29, 1.82) is 0 Å². The lowest BCUT2D eigenvalue weighted by atomic mass is 9.79. The Morgan fingerprint density at radius 3 is 2.86 bits per heavy atom. The largest absolute Gasteiger partial charge is 0.294 e. The van der Waals surface area contributed by atoms with Crippen LogP contribution in [0.15, 0.2) is 42.5 Å². The molecule has 0 fully saturated rings. The second kappa shape index (κ2) is 6.03. The summed E-state index contributed by atoms with van der Waals surface area (Å²) >= 11 is 6.03. The minimum absolute atomic E-state index is 0.219. The molecule has 1 unspecified atom stereocenters. The molecule has 108 valence electrons. The van der Waals surface area contributed by atoms with Crippen molar-refractivity contribution in [1.82, 2.24) is 0 Å². The average molecular weight is 299 g/mol. The van der Waals surface area contributed by atoms with Crippen LogP contribution in [0.25, 0.3) is 0 Å². The van der Waals surface area contributed by atoms with E-state index in [1.807, 2.05) is 25.1 Å². The van der Waals surface area contributed by atoms with Crippen LogP contribution in [0, 0.1) is 6.92 Å². The predicted molar refractivity (Wildman–Crippen MR) is 87.3 cm³/mol. The highest BCUT2D eigenvalue weighted by Gasteiger charge is 2.22. The average Bonchev–Trinajstić information content (AvgIpc) is 2.50. The van der Waals surface area contributed by atoms with E-state index in [4.69, 9.17) is 11.6 Å². The Kier molecular flexibility index (Phi) is 4.12. The number of hydrogen-bond acceptors (Lipinski definition) is 1. The highest BCUT2D eigenvalue weighted by molar-refractivity contribution is 6.31. The number of Topliss-reactive ketones (excluding diaryl/α,β-unsaturated/α-hetero) is 1. The maximum absolute atomic E-state index is 12.5. The van der Waals surface area contributed by atoms with Crippen LogP contribution in [-0.4, -0.2) is 5.78 Å². The highest BCUT2D eigenvalue weighted by Crippen LogP contribution is 2.34. The predicted octanol–water partition coefficient (Wildman–Crippen LogP) is 5.34. The van der Waals surface area contributed by atoms with Crippen LogP contribution in [0.3, 0.4) is 0 Å². The van der Waals surface area contributed by atoms with Gasteiger partial charge >= 0.3 is 0 Å². The van der Waals surface area contributed by atoms with Crippen LogP contribution in [0.5, 0.6) is 0 Å². The van der Waals surface area contributed by atoms with Crippen molar-refractivity contribution in [3.8, 4) is 0 Å². The van der Waals surface area contributed by atoms with Crippen molar-refractivity contribution < 1.29 is 4.79 Å². The van der Waals surface area contributed by atoms with Crippen LogP contribution >= 0.6 is 11.6 Å². The molecule has 0 N–H and O–H groups in total. The summed E-state index contributed by atoms with van der Waals surface area (Å²) in [6, 6.07) is 14.1. The third-order valence-electron chi connectivity index (χ3n) is 4.41. The summed E-state index contributed by atoms with van der Waals surface area (Å²) in [5.74, 6) is 0.579. The Bertz CT molecular complexity index is 675. The molecule has 1 nitrogen and oxygen atoms in total. The van der Waals surface area contributed by atoms with E-state index in [9.17, 15) is 4.79 Å². The van der Waals surface area contributed by atoms with E-state index in [0.717, 1.165) is 29.0 Å².